The van der Waals surface area contributed by atoms with Crippen LogP contribution in [0.25, 0.3) is 11.3 Å². The minimum atomic E-state index is 0.649. The van der Waals surface area contributed by atoms with Crippen molar-refractivity contribution >= 4 is 34.3 Å². The molecule has 0 aliphatic carbocycles. The van der Waals surface area contributed by atoms with Gasteiger partial charge in [-0.3, -0.25) is 0 Å². The Labute approximate surface area is 172 Å². The van der Waals surface area contributed by atoms with E-state index in [-0.39, 0.29) is 0 Å². The average molecular weight is 417 g/mol. The number of rotatable bonds is 6. The molecule has 0 fully saturated rings. The molecule has 0 spiro atoms. The summed E-state index contributed by atoms with van der Waals surface area (Å²) in [6.45, 7) is 5.36. The van der Waals surface area contributed by atoms with Gasteiger partial charge in [-0.05, 0) is 37.8 Å². The highest BCUT2D eigenvalue weighted by atomic mass is 35.5. The Kier molecular flexibility index (Phi) is 5.21. The normalized spacial score (nSPS) is 11.4. The minimum absolute atomic E-state index is 0.649. The molecular weight excluding hydrogens is 396 g/mol. The predicted octanol–water partition coefficient (Wildman–Crippen LogP) is 5.51. The van der Waals surface area contributed by atoms with Crippen LogP contribution < -0.4 is 0 Å². The van der Waals surface area contributed by atoms with Gasteiger partial charge in [0.15, 0.2) is 0 Å². The highest BCUT2D eigenvalue weighted by Gasteiger charge is 2.15. The van der Waals surface area contributed by atoms with Gasteiger partial charge in [0.1, 0.15) is 16.0 Å². The number of thiazole rings is 1. The van der Waals surface area contributed by atoms with E-state index >= 15 is 0 Å². The maximum Gasteiger partial charge on any atom is 0.128 e. The second-order valence-electron chi connectivity index (χ2n) is 6.63. The summed E-state index contributed by atoms with van der Waals surface area (Å²) in [6, 6.07) is 6.57. The summed E-state index contributed by atoms with van der Waals surface area (Å²) in [5, 5.41) is 5.99. The quantitative estimate of drug-likeness (QED) is 0.415. The Bertz CT molecular complexity index is 1060. The number of thiophene rings is 1. The zero-order chi connectivity index (χ0) is 19.0. The zero-order valence-electron chi connectivity index (χ0n) is 15.6. The zero-order valence-corrected chi connectivity index (χ0v) is 18.0. The number of aryl methyl sites for hydroxylation is 2. The van der Waals surface area contributed by atoms with Crippen LogP contribution in [0.2, 0.25) is 5.15 Å². The van der Waals surface area contributed by atoms with E-state index in [0.717, 1.165) is 29.5 Å². The third kappa shape index (κ3) is 3.74. The molecule has 4 nitrogen and oxygen atoms in total. The number of imidazole rings is 1. The summed E-state index contributed by atoms with van der Waals surface area (Å²) in [4.78, 5) is 10.7. The first-order chi connectivity index (χ1) is 13.0. The maximum atomic E-state index is 6.09. The van der Waals surface area contributed by atoms with Crippen molar-refractivity contribution < 1.29 is 0 Å². The molecule has 0 amide bonds. The van der Waals surface area contributed by atoms with Crippen LogP contribution in [0.4, 0.5) is 0 Å². The third-order valence-corrected chi connectivity index (χ3v) is 7.04. The molecule has 0 saturated carbocycles. The largest absolute Gasteiger partial charge is 0.348 e. The monoisotopic (exact) mass is 416 g/mol. The minimum Gasteiger partial charge on any atom is -0.348 e. The van der Waals surface area contributed by atoms with Crippen LogP contribution in [-0.4, -0.2) is 19.1 Å². The van der Waals surface area contributed by atoms with Gasteiger partial charge in [-0.25, -0.2) is 9.97 Å². The van der Waals surface area contributed by atoms with Gasteiger partial charge in [-0.1, -0.05) is 17.7 Å². The molecule has 140 valence electrons. The first-order valence-corrected chi connectivity index (χ1v) is 11.0. The van der Waals surface area contributed by atoms with Crippen molar-refractivity contribution in [3.63, 3.8) is 0 Å². The van der Waals surface area contributed by atoms with E-state index in [1.54, 1.807) is 17.5 Å². The summed E-state index contributed by atoms with van der Waals surface area (Å²) < 4.78 is 4.30. The lowest BCUT2D eigenvalue weighted by Gasteiger charge is -2.08. The molecule has 0 aliphatic heterocycles. The van der Waals surface area contributed by atoms with Crippen molar-refractivity contribution in [2.45, 2.75) is 33.2 Å². The number of hydrogen-bond donors (Lipinski definition) is 0. The highest BCUT2D eigenvalue weighted by Crippen LogP contribution is 2.29. The fourth-order valence-electron chi connectivity index (χ4n) is 3.32. The average Bonchev–Trinajstić information content (AvgIpc) is 3.42. The maximum absolute atomic E-state index is 6.09. The van der Waals surface area contributed by atoms with Gasteiger partial charge in [-0.15, -0.1) is 22.7 Å². The SMILES string of the molecule is Cc1cc(-c2csc(Cc3ncc(Cl)n3C)n2)c(C)n1CCc1cccs1. The second-order valence-corrected chi connectivity index (χ2v) is 8.99. The molecule has 0 radical (unpaired) electrons. The molecule has 4 rings (SSSR count). The first-order valence-electron chi connectivity index (χ1n) is 8.83. The first kappa shape index (κ1) is 18.5. The lowest BCUT2D eigenvalue weighted by atomic mass is 10.2. The highest BCUT2D eigenvalue weighted by molar-refractivity contribution is 7.10. The van der Waals surface area contributed by atoms with E-state index in [1.165, 1.54) is 21.8 Å². The Morgan fingerprint density at radius 2 is 2.07 bits per heavy atom. The molecule has 4 aromatic heterocycles. The van der Waals surface area contributed by atoms with Crippen LogP contribution in [0.1, 0.15) is 27.1 Å². The van der Waals surface area contributed by atoms with E-state index in [2.05, 4.69) is 52.4 Å². The standard InChI is InChI=1S/C20H21ClN4S2/c1-13-9-16(14(2)25(13)7-6-15-5-4-8-26-15)17-12-27-20(23-17)10-19-22-11-18(21)24(19)3/h4-5,8-9,11-12H,6-7,10H2,1-3H3. The molecule has 4 aromatic rings. The number of nitrogens with zero attached hydrogens (tertiary/aromatic N) is 4. The predicted molar refractivity (Wildman–Crippen MR) is 114 cm³/mol. The van der Waals surface area contributed by atoms with Gasteiger partial charge in [0, 0.05) is 40.8 Å². The van der Waals surface area contributed by atoms with Crippen LogP contribution >= 0.6 is 34.3 Å². The molecule has 4 heterocycles. The van der Waals surface area contributed by atoms with E-state index in [1.807, 2.05) is 23.0 Å². The number of halogens is 1. The van der Waals surface area contributed by atoms with Crippen LogP contribution in [0, 0.1) is 13.8 Å². The molecule has 0 saturated heterocycles. The molecule has 0 bridgehead atoms. The van der Waals surface area contributed by atoms with Crippen molar-refractivity contribution in [2.75, 3.05) is 0 Å². The van der Waals surface area contributed by atoms with E-state index in [4.69, 9.17) is 16.6 Å². The molecule has 0 atom stereocenters. The van der Waals surface area contributed by atoms with Gasteiger partial charge in [0.2, 0.25) is 0 Å². The molecule has 27 heavy (non-hydrogen) atoms. The lowest BCUT2D eigenvalue weighted by molar-refractivity contribution is 0.669. The number of hydrogen-bond acceptors (Lipinski definition) is 4. The Morgan fingerprint density at radius 1 is 1.22 bits per heavy atom. The van der Waals surface area contributed by atoms with Gasteiger partial charge < -0.3 is 9.13 Å². The van der Waals surface area contributed by atoms with E-state index in [9.17, 15) is 0 Å². The second kappa shape index (κ2) is 7.62. The smallest absolute Gasteiger partial charge is 0.128 e. The Balaban J connectivity index is 1.54. The Morgan fingerprint density at radius 3 is 2.78 bits per heavy atom. The summed E-state index contributed by atoms with van der Waals surface area (Å²) in [5.74, 6) is 0.933. The van der Waals surface area contributed by atoms with Crippen LogP contribution in [-0.2, 0) is 26.4 Å². The summed E-state index contributed by atoms with van der Waals surface area (Å²) in [6.07, 6.45) is 3.45. The summed E-state index contributed by atoms with van der Waals surface area (Å²) in [7, 11) is 1.93. The van der Waals surface area contributed by atoms with E-state index in [0.29, 0.717) is 11.6 Å². The molecule has 0 aromatic carbocycles. The van der Waals surface area contributed by atoms with Crippen molar-refractivity contribution in [3.8, 4) is 11.3 Å². The topological polar surface area (TPSA) is 35.6 Å². The van der Waals surface area contributed by atoms with Gasteiger partial charge in [0.05, 0.1) is 18.3 Å². The van der Waals surface area contributed by atoms with Crippen LogP contribution in [0.15, 0.2) is 35.2 Å². The van der Waals surface area contributed by atoms with Crippen molar-refractivity contribution in [3.05, 3.63) is 67.4 Å². The van der Waals surface area contributed by atoms with Crippen molar-refractivity contribution in [2.24, 2.45) is 7.05 Å². The van der Waals surface area contributed by atoms with Crippen LogP contribution in [0.5, 0.6) is 0 Å². The fraction of sp³-hybridized carbons (Fsp3) is 0.300. The molecule has 7 heteroatoms. The van der Waals surface area contributed by atoms with Gasteiger partial charge >= 0.3 is 0 Å². The number of aromatic nitrogens is 4. The van der Waals surface area contributed by atoms with Gasteiger partial charge in [-0.2, -0.15) is 0 Å². The van der Waals surface area contributed by atoms with Crippen molar-refractivity contribution in [1.29, 1.82) is 0 Å². The Hall–Kier alpha value is -1.89. The molecular formula is C20H21ClN4S2. The third-order valence-electron chi connectivity index (χ3n) is 4.90. The van der Waals surface area contributed by atoms with Crippen LogP contribution in [0.3, 0.4) is 0 Å². The fourth-order valence-corrected chi connectivity index (χ4v) is 4.96. The molecule has 0 N–H and O–H groups in total. The van der Waals surface area contributed by atoms with E-state index < -0.39 is 0 Å². The molecule has 0 unspecified atom stereocenters. The van der Waals surface area contributed by atoms with Crippen molar-refractivity contribution in [1.82, 2.24) is 19.1 Å². The summed E-state index contributed by atoms with van der Waals surface area (Å²) in [5.41, 5.74) is 4.83. The van der Waals surface area contributed by atoms with Gasteiger partial charge in [0.25, 0.3) is 0 Å². The lowest BCUT2D eigenvalue weighted by Crippen LogP contribution is -2.04. The molecule has 0 aliphatic rings. The summed E-state index contributed by atoms with van der Waals surface area (Å²) >= 11 is 9.59.